The highest BCUT2D eigenvalue weighted by Crippen LogP contribution is 2.51. The molecule has 1 spiro atoms. The van der Waals surface area contributed by atoms with Crippen molar-refractivity contribution in [3.8, 4) is 22.4 Å². The van der Waals surface area contributed by atoms with Crippen LogP contribution < -0.4 is 10.7 Å². The average molecular weight is 1120 g/mol. The van der Waals surface area contributed by atoms with Crippen molar-refractivity contribution in [2.45, 2.75) is 173 Å². The second kappa shape index (κ2) is 22.4. The van der Waals surface area contributed by atoms with Gasteiger partial charge in [0.15, 0.2) is 0 Å². The molecule has 14 nitrogen and oxygen atoms in total. The molecule has 2 saturated carbocycles. The fraction of sp³-hybridized carbons (Fsp3) is 0.554. The molecular weight excluding hydrogens is 1040 g/mol. The molecule has 12 rings (SSSR count). The minimum absolute atomic E-state index is 0.00234. The molecule has 2 aliphatic carbocycles. The number of nitrogens with one attached hydrogen (secondary N) is 2. The molecule has 16 heteroatoms. The van der Waals surface area contributed by atoms with Gasteiger partial charge in [0.05, 0.1) is 35.0 Å². The molecule has 81 heavy (non-hydrogen) atoms. The van der Waals surface area contributed by atoms with Crippen LogP contribution in [0.25, 0.3) is 33.3 Å². The van der Waals surface area contributed by atoms with E-state index >= 15 is 14.0 Å². The SMILES string of the molecule is CCn1c(-c2cccnc2C(C)C)c2c3cc(ccc31)-c1cc(CF)cc(c1)C[C@H](NC(=O)[C@H](C1CCCC1)N1CC[C@]3(CCN(C(=O)[C@H]4[C@@H](C5CC5)N4[S@](=O)c4ccc(C)cc4)C3)C1)C(=O)N1CCC[C@H](N1)C(=O)OCC(C)(C)C2. The number of alkyl halides is 1. The quantitative estimate of drug-likeness (QED) is 0.0921. The second-order valence-electron chi connectivity index (χ2n) is 26.0. The molecule has 430 valence electrons. The lowest BCUT2D eigenvalue weighted by atomic mass is 9.83. The number of aromatic nitrogens is 2. The minimum Gasteiger partial charge on any atom is -0.464 e. The first-order valence-electron chi connectivity index (χ1n) is 30.2. The van der Waals surface area contributed by atoms with Crippen molar-refractivity contribution in [2.75, 3.05) is 39.3 Å². The molecule has 6 bridgehead atoms. The Morgan fingerprint density at radius 2 is 1.69 bits per heavy atom. The molecule has 8 atom stereocenters. The van der Waals surface area contributed by atoms with Gasteiger partial charge < -0.3 is 19.5 Å². The number of aryl methyl sites for hydroxylation is 2. The molecule has 0 radical (unpaired) electrons. The average Bonchev–Trinajstić information content (AvgIpc) is 3.49. The molecule has 7 heterocycles. The summed E-state index contributed by atoms with van der Waals surface area (Å²) in [6.45, 7) is 15.8. The lowest BCUT2D eigenvalue weighted by molar-refractivity contribution is -0.155. The normalized spacial score (nSPS) is 27.0. The van der Waals surface area contributed by atoms with E-state index in [2.05, 4.69) is 79.1 Å². The predicted octanol–water partition coefficient (Wildman–Crippen LogP) is 9.61. The zero-order valence-electron chi connectivity index (χ0n) is 48.2. The Morgan fingerprint density at radius 3 is 2.43 bits per heavy atom. The number of hydrogen-bond donors (Lipinski definition) is 2. The molecule has 2 aromatic heterocycles. The number of nitrogens with zero attached hydrogens (tertiary/aromatic N) is 6. The summed E-state index contributed by atoms with van der Waals surface area (Å²) in [7, 11) is -1.42. The monoisotopic (exact) mass is 1120 g/mol. The number of rotatable bonds is 12. The summed E-state index contributed by atoms with van der Waals surface area (Å²) >= 11 is 0. The van der Waals surface area contributed by atoms with Gasteiger partial charge in [0.2, 0.25) is 11.8 Å². The first kappa shape index (κ1) is 55.7. The van der Waals surface area contributed by atoms with Gasteiger partial charge in [0, 0.05) is 72.6 Å². The largest absolute Gasteiger partial charge is 0.464 e. The van der Waals surface area contributed by atoms with Crippen LogP contribution in [0.3, 0.4) is 0 Å². The third-order valence-electron chi connectivity index (χ3n) is 19.0. The van der Waals surface area contributed by atoms with Crippen LogP contribution in [0.4, 0.5) is 4.39 Å². The summed E-state index contributed by atoms with van der Waals surface area (Å²) in [5.41, 5.74) is 11.9. The standard InChI is InChI=1S/C65H81FN8O6S/c1-7-72-54-23-20-46-34-50(54)51(58(72)49-14-10-26-67-55(49)40(2)3)35-64(5,6)39-80-63(78)52-15-11-27-73(69-52)61(76)53(33-42-30-43(36-66)32-47(46)31-42)68-60(75)57(44-12-8-9-13-44)70-28-24-65(37-70)25-29-71(38-65)62(77)59-56(45-18-19-45)74(59)81(79)48-21-16-41(4)17-22-48/h10,14,16-17,20-23,26,30-32,34,40,44-45,52-53,56-57,59,69H,7-9,11-13,15,18-19,24-25,27-29,33,35-39H2,1-6H3,(H,68,75)/t52-,53-,56+,57-,59+,65-,74?,81+/m0/s1. The third-order valence-corrected chi connectivity index (χ3v) is 20.5. The van der Waals surface area contributed by atoms with E-state index < -0.39 is 47.2 Å². The Labute approximate surface area is 479 Å². The molecule has 4 saturated heterocycles. The summed E-state index contributed by atoms with van der Waals surface area (Å²) in [5, 5.41) is 5.89. The highest BCUT2D eigenvalue weighted by Gasteiger charge is 2.64. The molecule has 3 amide bonds. The maximum absolute atomic E-state index is 15.4. The number of likely N-dealkylation sites (tertiary alicyclic amines) is 2. The number of hydrazine groups is 1. The minimum atomic E-state index is -1.42. The van der Waals surface area contributed by atoms with E-state index in [1.54, 1.807) is 0 Å². The van der Waals surface area contributed by atoms with E-state index in [0.717, 1.165) is 106 Å². The van der Waals surface area contributed by atoms with Crippen LogP contribution >= 0.6 is 0 Å². The number of fused-ring (bicyclic) bond motifs is 6. The Hall–Kier alpha value is -5.81. The van der Waals surface area contributed by atoms with Crippen molar-refractivity contribution >= 4 is 45.6 Å². The first-order valence-corrected chi connectivity index (χ1v) is 31.3. The number of ether oxygens (including phenoxy) is 1. The van der Waals surface area contributed by atoms with Crippen molar-refractivity contribution in [1.29, 1.82) is 0 Å². The van der Waals surface area contributed by atoms with Crippen molar-refractivity contribution in [1.82, 2.24) is 39.4 Å². The highest BCUT2D eigenvalue weighted by molar-refractivity contribution is 7.83. The van der Waals surface area contributed by atoms with E-state index in [9.17, 15) is 13.8 Å². The van der Waals surface area contributed by atoms with Gasteiger partial charge in [0.25, 0.3) is 5.91 Å². The molecule has 2 N–H and O–H groups in total. The fourth-order valence-corrected chi connectivity index (χ4v) is 16.2. The van der Waals surface area contributed by atoms with E-state index in [4.69, 9.17) is 9.72 Å². The number of carbonyl (C=O) groups is 4. The summed E-state index contributed by atoms with van der Waals surface area (Å²) in [6.07, 6.45) is 11.2. The van der Waals surface area contributed by atoms with Gasteiger partial charge in [-0.25, -0.2) is 18.3 Å². The predicted molar refractivity (Wildman–Crippen MR) is 312 cm³/mol. The molecule has 1 unspecified atom stereocenters. The number of amides is 3. The maximum Gasteiger partial charge on any atom is 0.324 e. The number of cyclic esters (lactones) is 1. The van der Waals surface area contributed by atoms with Gasteiger partial charge >= 0.3 is 5.97 Å². The topological polar surface area (TPSA) is 149 Å². The molecule has 3 aromatic carbocycles. The second-order valence-corrected chi connectivity index (χ2v) is 27.4. The molecule has 5 aromatic rings. The molecule has 7 aliphatic rings. The van der Waals surface area contributed by atoms with Crippen LogP contribution in [-0.2, 0) is 61.0 Å². The zero-order valence-corrected chi connectivity index (χ0v) is 49.0. The van der Waals surface area contributed by atoms with Crippen molar-refractivity contribution < 1.29 is 32.5 Å². The first-order chi connectivity index (χ1) is 39.0. The zero-order chi connectivity index (χ0) is 56.5. The number of halogens is 1. The summed E-state index contributed by atoms with van der Waals surface area (Å²) in [6, 6.07) is 21.4. The summed E-state index contributed by atoms with van der Waals surface area (Å²) in [5.74, 6) is -0.280. The molecular formula is C65H81FN8O6S. The van der Waals surface area contributed by atoms with Crippen LogP contribution in [0.15, 0.2) is 83.9 Å². The number of hydrogen-bond acceptors (Lipinski definition) is 9. The lowest BCUT2D eigenvalue weighted by Gasteiger charge is -2.37. The number of esters is 1. The van der Waals surface area contributed by atoms with Gasteiger partial charge in [-0.2, -0.15) is 0 Å². The van der Waals surface area contributed by atoms with E-state index in [-0.39, 0.29) is 60.1 Å². The van der Waals surface area contributed by atoms with Crippen LogP contribution in [0.5, 0.6) is 0 Å². The van der Waals surface area contributed by atoms with Crippen LogP contribution in [0.1, 0.15) is 133 Å². The van der Waals surface area contributed by atoms with Gasteiger partial charge in [-0.1, -0.05) is 76.4 Å². The Balaban J connectivity index is 0.848. The smallest absolute Gasteiger partial charge is 0.324 e. The number of pyridine rings is 1. The van der Waals surface area contributed by atoms with Crippen molar-refractivity contribution in [3.05, 3.63) is 107 Å². The third kappa shape index (κ3) is 11.0. The van der Waals surface area contributed by atoms with Crippen molar-refractivity contribution in [3.63, 3.8) is 0 Å². The van der Waals surface area contributed by atoms with E-state index in [0.29, 0.717) is 75.6 Å². The van der Waals surface area contributed by atoms with Crippen LogP contribution in [-0.4, -0.2) is 126 Å². The van der Waals surface area contributed by atoms with E-state index in [1.165, 1.54) is 5.01 Å². The maximum atomic E-state index is 15.4. The Bertz CT molecular complexity index is 3260. The number of benzene rings is 3. The number of carbonyl (C=O) groups excluding carboxylic acids is 4. The summed E-state index contributed by atoms with van der Waals surface area (Å²) < 4.78 is 39.7. The van der Waals surface area contributed by atoms with Crippen LogP contribution in [0.2, 0.25) is 0 Å². The van der Waals surface area contributed by atoms with Crippen LogP contribution in [0, 0.1) is 29.6 Å². The molecule has 6 fully saturated rings. The highest BCUT2D eigenvalue weighted by atomic mass is 32.2. The lowest BCUT2D eigenvalue weighted by Crippen LogP contribution is -2.62. The molecule has 5 aliphatic heterocycles. The fourth-order valence-electron chi connectivity index (χ4n) is 14.7. The van der Waals surface area contributed by atoms with Gasteiger partial charge in [-0.15, -0.1) is 0 Å². The van der Waals surface area contributed by atoms with Gasteiger partial charge in [0.1, 0.15) is 35.8 Å². The Kier molecular flexibility index (Phi) is 15.4. The Morgan fingerprint density at radius 1 is 0.914 bits per heavy atom. The van der Waals surface area contributed by atoms with Gasteiger partial charge in [-0.3, -0.25) is 34.1 Å². The summed E-state index contributed by atoms with van der Waals surface area (Å²) in [4.78, 5) is 69.3. The van der Waals surface area contributed by atoms with E-state index in [1.807, 2.05) is 70.9 Å². The van der Waals surface area contributed by atoms with Crippen molar-refractivity contribution in [2.24, 2.45) is 22.7 Å². The van der Waals surface area contributed by atoms with Gasteiger partial charge in [-0.05, 0) is 166 Å².